The molecule has 18 heavy (non-hydrogen) atoms. The number of aliphatic imine (C=N–C) groups is 3. The molecule has 6 heteroatoms. The van der Waals surface area contributed by atoms with Gasteiger partial charge < -0.3 is 4.98 Å². The Morgan fingerprint density at radius 3 is 2.89 bits per heavy atom. The number of hydrogen-bond acceptors (Lipinski definition) is 3. The molecular formula is C12H9N5O. The van der Waals surface area contributed by atoms with Gasteiger partial charge in [0.05, 0.1) is 12.5 Å². The standard InChI is InChI=1S/C12H9N5O/c18-12(10-4-2-1-3-5-10)17-9-14-8-16-11-6-13-7-15-11/h1-8H,(H,13,15)/b16-8-. The summed E-state index contributed by atoms with van der Waals surface area (Å²) in [5.41, 5.74) is 0.491. The largest absolute Gasteiger partial charge is 0.330 e. The highest BCUT2D eigenvalue weighted by atomic mass is 16.1. The van der Waals surface area contributed by atoms with Crippen molar-refractivity contribution in [1.29, 1.82) is 0 Å². The van der Waals surface area contributed by atoms with E-state index in [2.05, 4.69) is 31.0 Å². The average Bonchev–Trinajstić information content (AvgIpc) is 2.92. The number of aromatic nitrogens is 2. The summed E-state index contributed by atoms with van der Waals surface area (Å²) in [7, 11) is 0. The molecule has 0 saturated heterocycles. The Kier molecular flexibility index (Phi) is 3.89. The molecule has 0 unspecified atom stereocenters. The Hall–Kier alpha value is -2.85. The number of rotatable bonds is 3. The van der Waals surface area contributed by atoms with Crippen LogP contribution in [0.4, 0.5) is 5.82 Å². The zero-order valence-corrected chi connectivity index (χ0v) is 9.32. The first-order chi connectivity index (χ1) is 8.86. The number of nitrogens with one attached hydrogen (secondary N) is 1. The summed E-state index contributed by atoms with van der Waals surface area (Å²) in [5, 5.41) is 0. The molecular weight excluding hydrogens is 230 g/mol. The van der Waals surface area contributed by atoms with Crippen LogP contribution in [0.15, 0.2) is 57.8 Å². The fraction of sp³-hybridized carbons (Fsp3) is 0. The fourth-order valence-electron chi connectivity index (χ4n) is 1.16. The van der Waals surface area contributed by atoms with Gasteiger partial charge in [-0.05, 0) is 12.1 Å². The molecule has 0 bridgehead atoms. The Balaban J connectivity index is 1.97. The van der Waals surface area contributed by atoms with E-state index in [4.69, 9.17) is 0 Å². The maximum atomic E-state index is 11.5. The second kappa shape index (κ2) is 6.03. The Morgan fingerprint density at radius 2 is 2.17 bits per heavy atom. The summed E-state index contributed by atoms with van der Waals surface area (Å²) >= 11 is 0. The summed E-state index contributed by atoms with van der Waals surface area (Å²) in [6, 6.07) is 11.0. The van der Waals surface area contributed by atoms with Crippen LogP contribution in [0.25, 0.3) is 0 Å². The maximum Gasteiger partial charge on any atom is 0.286 e. The van der Waals surface area contributed by atoms with Gasteiger partial charge in [0.15, 0.2) is 5.82 Å². The molecule has 1 heterocycles. The van der Waals surface area contributed by atoms with Gasteiger partial charge in [-0.3, -0.25) is 4.79 Å². The van der Waals surface area contributed by atoms with Gasteiger partial charge in [0, 0.05) is 5.56 Å². The van der Waals surface area contributed by atoms with Crippen LogP contribution < -0.4 is 0 Å². The molecule has 1 N–H and O–H groups in total. The van der Waals surface area contributed by atoms with E-state index < -0.39 is 5.91 Å². The van der Waals surface area contributed by atoms with E-state index in [9.17, 15) is 4.79 Å². The van der Waals surface area contributed by atoms with Crippen molar-refractivity contribution in [3.63, 3.8) is 0 Å². The third kappa shape index (κ3) is 3.33. The lowest BCUT2D eigenvalue weighted by molar-refractivity contribution is 0.100. The lowest BCUT2D eigenvalue weighted by atomic mass is 10.2. The van der Waals surface area contributed by atoms with Crippen LogP contribution >= 0.6 is 0 Å². The van der Waals surface area contributed by atoms with Crippen molar-refractivity contribution >= 4 is 24.1 Å². The van der Waals surface area contributed by atoms with Crippen molar-refractivity contribution in [1.82, 2.24) is 9.97 Å². The minimum atomic E-state index is -0.394. The van der Waals surface area contributed by atoms with Gasteiger partial charge in [0.1, 0.15) is 12.3 Å². The molecule has 88 valence electrons. The van der Waals surface area contributed by atoms with Crippen LogP contribution in [0, 0.1) is 0 Å². The first-order valence-corrected chi connectivity index (χ1v) is 5.12. The highest BCUT2D eigenvalue weighted by Gasteiger charge is 1.99. The third-order valence-corrected chi connectivity index (χ3v) is 1.97. The average molecular weight is 239 g/mol. The fourth-order valence-corrected chi connectivity index (χ4v) is 1.16. The number of benzene rings is 1. The van der Waals surface area contributed by atoms with Gasteiger partial charge in [-0.1, -0.05) is 18.2 Å². The van der Waals surface area contributed by atoms with Gasteiger partial charge in [-0.25, -0.2) is 9.98 Å². The summed E-state index contributed by atoms with van der Waals surface area (Å²) in [6.45, 7) is 0. The van der Waals surface area contributed by atoms with Gasteiger partial charge in [-0.15, -0.1) is 4.99 Å². The van der Waals surface area contributed by atoms with Crippen molar-refractivity contribution in [3.8, 4) is 0 Å². The number of H-pyrrole nitrogens is 1. The second-order valence-corrected chi connectivity index (χ2v) is 3.19. The van der Waals surface area contributed by atoms with Crippen LogP contribution in [0.1, 0.15) is 10.4 Å². The predicted octanol–water partition coefficient (Wildman–Crippen LogP) is 2.08. The van der Waals surface area contributed by atoms with E-state index in [-0.39, 0.29) is 0 Å². The van der Waals surface area contributed by atoms with Crippen LogP contribution in [-0.4, -0.2) is 28.2 Å². The van der Waals surface area contributed by atoms with Crippen molar-refractivity contribution in [3.05, 3.63) is 48.4 Å². The Labute approximate surface area is 103 Å². The number of amides is 1. The molecule has 2 rings (SSSR count). The molecule has 2 aromatic rings. The summed E-state index contributed by atoms with van der Waals surface area (Å²) in [5.74, 6) is 0.171. The number of imidazole rings is 1. The summed E-state index contributed by atoms with van der Waals surface area (Å²) in [6.07, 6.45) is 4.27. The lowest BCUT2D eigenvalue weighted by Gasteiger charge is -1.89. The SMILES string of the molecule is O=C(N=C=N/C=N\c1cnc[nH]1)c1ccccc1. The number of carbonyl (C=O) groups is 1. The highest BCUT2D eigenvalue weighted by Crippen LogP contribution is 2.01. The monoisotopic (exact) mass is 239 g/mol. The lowest BCUT2D eigenvalue weighted by Crippen LogP contribution is -1.92. The summed E-state index contributed by atoms with van der Waals surface area (Å²) in [4.78, 5) is 29.1. The van der Waals surface area contributed by atoms with Crippen LogP contribution in [-0.2, 0) is 0 Å². The van der Waals surface area contributed by atoms with E-state index in [1.165, 1.54) is 18.9 Å². The molecule has 0 atom stereocenters. The summed E-state index contributed by atoms with van der Waals surface area (Å²) < 4.78 is 0. The second-order valence-electron chi connectivity index (χ2n) is 3.19. The molecule has 1 aromatic heterocycles. The molecule has 0 radical (unpaired) electrons. The van der Waals surface area contributed by atoms with Crippen LogP contribution in [0.2, 0.25) is 0 Å². The smallest absolute Gasteiger partial charge is 0.286 e. The van der Waals surface area contributed by atoms with E-state index >= 15 is 0 Å². The van der Waals surface area contributed by atoms with Gasteiger partial charge in [0.25, 0.3) is 5.91 Å². The molecule has 0 aliphatic carbocycles. The zero-order chi connectivity index (χ0) is 12.6. The normalized spacial score (nSPS) is 10.0. The van der Waals surface area contributed by atoms with Crippen LogP contribution in [0.5, 0.6) is 0 Å². The Bertz CT molecular complexity index is 595. The predicted molar refractivity (Wildman–Crippen MR) is 67.4 cm³/mol. The molecule has 0 spiro atoms. The van der Waals surface area contributed by atoms with E-state index in [0.29, 0.717) is 11.4 Å². The topological polar surface area (TPSA) is 82.8 Å². The first-order valence-electron chi connectivity index (χ1n) is 5.12. The van der Waals surface area contributed by atoms with E-state index in [1.807, 2.05) is 6.07 Å². The number of nitrogens with zero attached hydrogens (tertiary/aromatic N) is 4. The molecule has 0 fully saturated rings. The zero-order valence-electron chi connectivity index (χ0n) is 9.32. The van der Waals surface area contributed by atoms with Crippen LogP contribution in [0.3, 0.4) is 0 Å². The van der Waals surface area contributed by atoms with E-state index in [1.54, 1.807) is 24.3 Å². The maximum absolute atomic E-state index is 11.5. The molecule has 0 aliphatic heterocycles. The van der Waals surface area contributed by atoms with Crippen molar-refractivity contribution in [2.45, 2.75) is 0 Å². The van der Waals surface area contributed by atoms with Gasteiger partial charge in [-0.2, -0.15) is 4.99 Å². The minimum absolute atomic E-state index is 0.394. The molecule has 1 aromatic carbocycles. The van der Waals surface area contributed by atoms with Gasteiger partial charge in [0.2, 0.25) is 0 Å². The number of aromatic amines is 1. The van der Waals surface area contributed by atoms with Crippen molar-refractivity contribution in [2.24, 2.45) is 15.0 Å². The quantitative estimate of drug-likeness (QED) is 0.657. The van der Waals surface area contributed by atoms with Gasteiger partial charge >= 0.3 is 0 Å². The number of carbonyl (C=O) groups excluding carboxylic acids is 1. The van der Waals surface area contributed by atoms with E-state index in [0.717, 1.165) is 0 Å². The molecule has 0 aliphatic rings. The van der Waals surface area contributed by atoms with Crippen molar-refractivity contribution in [2.75, 3.05) is 0 Å². The molecule has 6 nitrogen and oxygen atoms in total. The van der Waals surface area contributed by atoms with Crippen molar-refractivity contribution < 1.29 is 4.79 Å². The highest BCUT2D eigenvalue weighted by molar-refractivity contribution is 5.98. The molecule has 1 amide bonds. The third-order valence-electron chi connectivity index (χ3n) is 1.97. The minimum Gasteiger partial charge on any atom is -0.330 e. The first kappa shape index (κ1) is 11.6. The molecule has 0 saturated carbocycles. The Morgan fingerprint density at radius 1 is 1.33 bits per heavy atom. The number of hydrogen-bond donors (Lipinski definition) is 1.